The van der Waals surface area contributed by atoms with Crippen molar-refractivity contribution in [2.75, 3.05) is 31.9 Å². The van der Waals surface area contributed by atoms with Crippen molar-refractivity contribution in [3.8, 4) is 0 Å². The molecule has 2 heterocycles. The van der Waals surface area contributed by atoms with Crippen LogP contribution in [0.25, 0.3) is 0 Å². The maximum atomic E-state index is 13.4. The summed E-state index contributed by atoms with van der Waals surface area (Å²) in [7, 11) is 0. The van der Waals surface area contributed by atoms with Crippen LogP contribution in [0.3, 0.4) is 0 Å². The molecule has 356 valence electrons. The largest absolute Gasteiger partial charge is 0.481 e. The molecule has 2 rings (SSSR count). The van der Waals surface area contributed by atoms with Crippen LogP contribution in [0.15, 0.2) is 0 Å². The SMILES string of the molecule is CC(C)CC(CC(=O)NO)C(=O)N[C@@H](CCC(=O)O)C(=O)N[C@@H](CCCCN)C(=O)NCC(=O)NCC(=O)N[C@@H](CCCCNC(=O)CCCC[C@@H]1SC[C@@H]2NC(=O)N[C@@H]21)C(N)=O. The van der Waals surface area contributed by atoms with Gasteiger partial charge in [-0.25, -0.2) is 10.3 Å². The average Bonchev–Trinajstić information content (AvgIpc) is 3.79. The van der Waals surface area contributed by atoms with Gasteiger partial charge < -0.3 is 59.1 Å². The van der Waals surface area contributed by atoms with E-state index in [1.54, 1.807) is 13.8 Å². The van der Waals surface area contributed by atoms with E-state index in [9.17, 15) is 53.1 Å². The molecule has 2 aliphatic rings. The predicted octanol–water partition coefficient (Wildman–Crippen LogP) is -2.28. The number of hydrogen-bond donors (Lipinski definition) is 13. The van der Waals surface area contributed by atoms with Gasteiger partial charge in [0.05, 0.1) is 25.2 Å². The monoisotopic (exact) mass is 913 g/mol. The van der Waals surface area contributed by atoms with Crippen LogP contribution in [0.5, 0.6) is 0 Å². The Balaban J connectivity index is 1.79. The zero-order valence-corrected chi connectivity index (χ0v) is 36.9. The number of carbonyl (C=O) groups is 10. The smallest absolute Gasteiger partial charge is 0.315 e. The maximum Gasteiger partial charge on any atom is 0.315 e. The molecule has 2 aliphatic heterocycles. The minimum absolute atomic E-state index is 0.0587. The summed E-state index contributed by atoms with van der Waals surface area (Å²) in [4.78, 5) is 124. The van der Waals surface area contributed by atoms with Crippen molar-refractivity contribution in [3.05, 3.63) is 0 Å². The van der Waals surface area contributed by atoms with Crippen LogP contribution in [0, 0.1) is 11.8 Å². The third-order valence-electron chi connectivity index (χ3n) is 10.4. The molecular weight excluding hydrogens is 847 g/mol. The van der Waals surface area contributed by atoms with Crippen molar-refractivity contribution in [1.29, 1.82) is 0 Å². The molecule has 0 spiro atoms. The molecular formula is C39H67N11O12S. The Labute approximate surface area is 371 Å². The number of amides is 10. The second kappa shape index (κ2) is 29.2. The van der Waals surface area contributed by atoms with Crippen molar-refractivity contribution in [2.45, 2.75) is 139 Å². The molecule has 0 saturated carbocycles. The third kappa shape index (κ3) is 21.6. The molecule has 23 nitrogen and oxygen atoms in total. The maximum absolute atomic E-state index is 13.4. The fourth-order valence-electron chi connectivity index (χ4n) is 7.11. The van der Waals surface area contributed by atoms with E-state index < -0.39 is 97.3 Å². The highest BCUT2D eigenvalue weighted by atomic mass is 32.2. The molecule has 15 N–H and O–H groups in total. The van der Waals surface area contributed by atoms with Crippen LogP contribution in [-0.2, 0) is 43.2 Å². The van der Waals surface area contributed by atoms with E-state index in [0.717, 1.165) is 18.6 Å². The number of unbranched alkanes of at least 4 members (excludes halogenated alkanes) is 3. The number of aliphatic carboxylic acids is 1. The zero-order chi connectivity index (χ0) is 46.9. The van der Waals surface area contributed by atoms with E-state index in [4.69, 9.17) is 16.7 Å². The molecule has 0 aliphatic carbocycles. The normalized spacial score (nSPS) is 18.3. The fraction of sp³-hybridized carbons (Fsp3) is 0.744. The number of hydrogen-bond acceptors (Lipinski definition) is 13. The molecule has 0 aromatic rings. The van der Waals surface area contributed by atoms with Gasteiger partial charge in [-0.05, 0) is 76.7 Å². The molecule has 0 radical (unpaired) electrons. The van der Waals surface area contributed by atoms with Gasteiger partial charge in [0.15, 0.2) is 0 Å². The Morgan fingerprint density at radius 2 is 1.40 bits per heavy atom. The number of nitrogens with two attached hydrogens (primary N) is 2. The first-order chi connectivity index (χ1) is 29.9. The van der Waals surface area contributed by atoms with Gasteiger partial charge >= 0.3 is 12.0 Å². The lowest BCUT2D eigenvalue weighted by Gasteiger charge is -2.25. The Morgan fingerprint density at radius 1 is 0.730 bits per heavy atom. The standard InChI is InChI=1S/C39H67N11O12S/c1-22(2)17-23(18-30(52)50-62)36(58)46-26(13-14-33(55)56)38(60)47-25(10-5-7-15-40)37(59)44-19-31(53)43-20-32(54)45-24(35(41)57)9-6-8-16-42-29(51)12-4-3-11-28-34-27(21-63-28)48-39(61)49-34/h22-28,34,62H,3-21,40H2,1-2H3,(H2,41,57)(H,42,51)(H,43,53)(H,44,59)(H,45,54)(H,46,58)(H,47,60)(H,50,52)(H,55,56)(H2,48,49,61)/t23?,24-,25-,26-,27-,28-,34-/m0/s1. The molecule has 10 amide bonds. The summed E-state index contributed by atoms with van der Waals surface area (Å²) in [5, 5.41) is 39.4. The summed E-state index contributed by atoms with van der Waals surface area (Å²) in [6.45, 7) is 3.08. The minimum Gasteiger partial charge on any atom is -0.481 e. The van der Waals surface area contributed by atoms with Gasteiger partial charge in [-0.3, -0.25) is 48.4 Å². The quantitative estimate of drug-likeness (QED) is 0.0147. The predicted molar refractivity (Wildman–Crippen MR) is 229 cm³/mol. The van der Waals surface area contributed by atoms with Gasteiger partial charge in [0.25, 0.3) is 0 Å². The molecule has 1 unspecified atom stereocenters. The highest BCUT2D eigenvalue weighted by molar-refractivity contribution is 8.00. The van der Waals surface area contributed by atoms with Gasteiger partial charge in [-0.15, -0.1) is 0 Å². The number of carboxylic acid groups (broad SMARTS) is 1. The Hall–Kier alpha value is -5.23. The number of fused-ring (bicyclic) bond motifs is 1. The first kappa shape index (κ1) is 53.9. The van der Waals surface area contributed by atoms with Gasteiger partial charge in [-0.1, -0.05) is 20.3 Å². The summed E-state index contributed by atoms with van der Waals surface area (Å²) in [5.74, 6) is -7.03. The Morgan fingerprint density at radius 3 is 2.06 bits per heavy atom. The number of carboxylic acids is 1. The van der Waals surface area contributed by atoms with Crippen LogP contribution < -0.4 is 59.5 Å². The van der Waals surface area contributed by atoms with Gasteiger partial charge in [0, 0.05) is 42.7 Å². The lowest BCUT2D eigenvalue weighted by Crippen LogP contribution is -2.55. The lowest BCUT2D eigenvalue weighted by molar-refractivity contribution is -0.139. The summed E-state index contributed by atoms with van der Waals surface area (Å²) >= 11 is 1.83. The summed E-state index contributed by atoms with van der Waals surface area (Å²) in [6, 6.07) is -3.54. The highest BCUT2D eigenvalue weighted by Crippen LogP contribution is 2.33. The lowest BCUT2D eigenvalue weighted by atomic mass is 9.92. The fourth-order valence-corrected chi connectivity index (χ4v) is 8.65. The van der Waals surface area contributed by atoms with Crippen molar-refractivity contribution < 1.29 is 58.3 Å². The van der Waals surface area contributed by atoms with Crippen LogP contribution >= 0.6 is 11.8 Å². The molecule has 63 heavy (non-hydrogen) atoms. The van der Waals surface area contributed by atoms with E-state index in [1.165, 1.54) is 5.48 Å². The van der Waals surface area contributed by atoms with Gasteiger partial charge in [0.1, 0.15) is 18.1 Å². The van der Waals surface area contributed by atoms with E-state index in [1.807, 2.05) is 11.8 Å². The number of nitrogens with one attached hydrogen (secondary N) is 9. The highest BCUT2D eigenvalue weighted by Gasteiger charge is 2.42. The number of rotatable bonds is 32. The van der Waals surface area contributed by atoms with E-state index in [-0.39, 0.29) is 62.2 Å². The van der Waals surface area contributed by atoms with Gasteiger partial charge in [-0.2, -0.15) is 11.8 Å². The number of thioether (sulfide) groups is 1. The minimum atomic E-state index is -1.42. The Bertz CT molecular complexity index is 1590. The molecule has 7 atom stereocenters. The van der Waals surface area contributed by atoms with Crippen molar-refractivity contribution >= 4 is 71.0 Å². The molecule has 2 saturated heterocycles. The number of carbonyl (C=O) groups excluding carboxylic acids is 9. The molecule has 0 bridgehead atoms. The van der Waals surface area contributed by atoms with Crippen LogP contribution in [-0.4, -0.2) is 137 Å². The number of urea groups is 1. The van der Waals surface area contributed by atoms with Crippen molar-refractivity contribution in [3.63, 3.8) is 0 Å². The van der Waals surface area contributed by atoms with Crippen molar-refractivity contribution in [2.24, 2.45) is 23.3 Å². The van der Waals surface area contributed by atoms with Gasteiger partial charge in [0.2, 0.25) is 47.3 Å². The molecule has 24 heteroatoms. The average molecular weight is 914 g/mol. The van der Waals surface area contributed by atoms with Crippen LogP contribution in [0.4, 0.5) is 4.79 Å². The second-order valence-corrected chi connectivity index (χ2v) is 17.4. The topological polar surface area (TPSA) is 371 Å². The summed E-state index contributed by atoms with van der Waals surface area (Å²) in [5.41, 5.74) is 12.5. The number of primary amides is 1. The third-order valence-corrected chi connectivity index (χ3v) is 11.9. The molecule has 0 aromatic carbocycles. The molecule has 0 aromatic heterocycles. The second-order valence-electron chi connectivity index (χ2n) is 16.1. The summed E-state index contributed by atoms with van der Waals surface area (Å²) in [6.07, 6.45) is 3.85. The first-order valence-electron chi connectivity index (χ1n) is 21.5. The first-order valence-corrected chi connectivity index (χ1v) is 22.5. The Kier molecular flexibility index (Phi) is 25.0. The zero-order valence-electron chi connectivity index (χ0n) is 36.1. The van der Waals surface area contributed by atoms with E-state index in [2.05, 4.69) is 42.5 Å². The van der Waals surface area contributed by atoms with Crippen molar-refractivity contribution in [1.82, 2.24) is 48.0 Å². The van der Waals surface area contributed by atoms with E-state index >= 15 is 0 Å². The number of hydroxylamine groups is 1. The van der Waals surface area contributed by atoms with Crippen LogP contribution in [0.2, 0.25) is 0 Å². The summed E-state index contributed by atoms with van der Waals surface area (Å²) < 4.78 is 0. The van der Waals surface area contributed by atoms with Crippen LogP contribution in [0.1, 0.15) is 104 Å². The van der Waals surface area contributed by atoms with E-state index in [0.29, 0.717) is 50.3 Å². The molecule has 2 fully saturated rings.